The summed E-state index contributed by atoms with van der Waals surface area (Å²) in [5.41, 5.74) is 2.06. The van der Waals surface area contributed by atoms with Crippen molar-refractivity contribution in [3.63, 3.8) is 0 Å². The first-order valence-corrected chi connectivity index (χ1v) is 7.55. The number of fused-ring (bicyclic) bond motifs is 1. The molecule has 1 aliphatic heterocycles. The number of nitrogens with zero attached hydrogens (tertiary/aromatic N) is 1. The maximum atomic E-state index is 12.3. The van der Waals surface area contributed by atoms with Gasteiger partial charge in [-0.05, 0) is 18.1 Å². The summed E-state index contributed by atoms with van der Waals surface area (Å²) < 4.78 is 4.93. The summed E-state index contributed by atoms with van der Waals surface area (Å²) in [5.74, 6) is -0.335. The van der Waals surface area contributed by atoms with Crippen LogP contribution in [0.5, 0.6) is 0 Å². The van der Waals surface area contributed by atoms with Crippen molar-refractivity contribution in [3.8, 4) is 0 Å². The zero-order valence-electron chi connectivity index (χ0n) is 12.8. The Bertz CT molecular complexity index is 707. The van der Waals surface area contributed by atoms with Crippen LogP contribution in [0.2, 0.25) is 0 Å². The molecule has 0 radical (unpaired) electrons. The van der Waals surface area contributed by atoms with Crippen molar-refractivity contribution in [3.05, 3.63) is 36.0 Å². The Morgan fingerprint density at radius 1 is 1.45 bits per heavy atom. The van der Waals surface area contributed by atoms with Crippen molar-refractivity contribution >= 4 is 22.8 Å². The number of hydrogen-bond donors (Lipinski definition) is 1. The normalized spacial score (nSPS) is 19.6. The molecule has 1 aliphatic rings. The van der Waals surface area contributed by atoms with Gasteiger partial charge in [0.2, 0.25) is 5.91 Å². The molecule has 2 aromatic rings. The number of rotatable bonds is 4. The largest absolute Gasteiger partial charge is 0.467 e. The summed E-state index contributed by atoms with van der Waals surface area (Å²) in [7, 11) is 1.37. The molecule has 22 heavy (non-hydrogen) atoms. The molecule has 3 rings (SSSR count). The van der Waals surface area contributed by atoms with Crippen molar-refractivity contribution in [2.45, 2.75) is 25.8 Å². The van der Waals surface area contributed by atoms with Gasteiger partial charge in [-0.2, -0.15) is 0 Å². The number of carbonyl (C=O) groups is 2. The quantitative estimate of drug-likeness (QED) is 0.880. The van der Waals surface area contributed by atoms with E-state index >= 15 is 0 Å². The molecule has 5 nitrogen and oxygen atoms in total. The molecule has 1 aromatic carbocycles. The van der Waals surface area contributed by atoms with Crippen LogP contribution in [-0.2, 0) is 20.7 Å². The van der Waals surface area contributed by atoms with Gasteiger partial charge in [0.05, 0.1) is 7.11 Å². The summed E-state index contributed by atoms with van der Waals surface area (Å²) in [4.78, 5) is 29.3. The number of nitrogens with one attached hydrogen (secondary N) is 1. The Balaban J connectivity index is 1.90. The van der Waals surface area contributed by atoms with Gasteiger partial charge in [-0.25, -0.2) is 4.79 Å². The Labute approximate surface area is 129 Å². The van der Waals surface area contributed by atoms with Gasteiger partial charge in [0.25, 0.3) is 0 Å². The van der Waals surface area contributed by atoms with E-state index in [1.54, 1.807) is 4.90 Å². The van der Waals surface area contributed by atoms with Crippen LogP contribution in [0.4, 0.5) is 0 Å². The van der Waals surface area contributed by atoms with Crippen LogP contribution in [0.1, 0.15) is 18.9 Å². The van der Waals surface area contributed by atoms with Gasteiger partial charge >= 0.3 is 5.97 Å². The topological polar surface area (TPSA) is 62.4 Å². The van der Waals surface area contributed by atoms with E-state index in [0.717, 1.165) is 22.9 Å². The van der Waals surface area contributed by atoms with Crippen LogP contribution in [0.15, 0.2) is 30.5 Å². The fourth-order valence-corrected chi connectivity index (χ4v) is 3.12. The lowest BCUT2D eigenvalue weighted by molar-refractivity contribution is -0.151. The second-order valence-electron chi connectivity index (χ2n) is 5.82. The highest BCUT2D eigenvalue weighted by Crippen LogP contribution is 2.25. The highest BCUT2D eigenvalue weighted by Gasteiger charge is 2.37. The molecule has 0 bridgehead atoms. The molecule has 1 N–H and O–H groups in total. The second-order valence-corrected chi connectivity index (χ2v) is 5.82. The van der Waals surface area contributed by atoms with Gasteiger partial charge in [-0.15, -0.1) is 0 Å². The predicted molar refractivity (Wildman–Crippen MR) is 83.3 cm³/mol. The maximum absolute atomic E-state index is 12.3. The average molecular weight is 300 g/mol. The van der Waals surface area contributed by atoms with Crippen LogP contribution in [0, 0.1) is 5.92 Å². The van der Waals surface area contributed by atoms with Gasteiger partial charge in [0, 0.05) is 36.0 Å². The smallest absolute Gasteiger partial charge is 0.328 e. The number of likely N-dealkylation sites (tertiary alicyclic amines) is 1. The second kappa shape index (κ2) is 5.83. The first kappa shape index (κ1) is 14.6. The zero-order chi connectivity index (χ0) is 15.7. The molecule has 1 fully saturated rings. The number of methoxy groups -OCH3 is 1. The van der Waals surface area contributed by atoms with Crippen molar-refractivity contribution in [1.82, 2.24) is 9.88 Å². The van der Waals surface area contributed by atoms with Crippen LogP contribution in [-0.4, -0.2) is 41.5 Å². The van der Waals surface area contributed by atoms with E-state index in [0.29, 0.717) is 13.0 Å². The molecular weight excluding hydrogens is 280 g/mol. The molecule has 1 amide bonds. The highest BCUT2D eigenvalue weighted by atomic mass is 16.5. The van der Waals surface area contributed by atoms with E-state index in [9.17, 15) is 9.59 Å². The molecule has 0 spiro atoms. The standard InChI is InChI=1S/C17H20N2O3/c1-11-7-8-19(16(11)20)15(17(21)22-2)9-12-10-18-14-6-4-3-5-13(12)14/h3-6,10-11,15,18H,7-9H2,1-2H3/t11-,15-/m0/s1. The van der Waals surface area contributed by atoms with Crippen LogP contribution >= 0.6 is 0 Å². The number of hydrogen-bond acceptors (Lipinski definition) is 3. The van der Waals surface area contributed by atoms with E-state index in [2.05, 4.69) is 4.98 Å². The minimum atomic E-state index is -0.554. The molecule has 1 saturated heterocycles. The molecular formula is C17H20N2O3. The summed E-state index contributed by atoms with van der Waals surface area (Å²) in [6, 6.07) is 7.39. The van der Waals surface area contributed by atoms with Gasteiger partial charge in [0.15, 0.2) is 0 Å². The van der Waals surface area contributed by atoms with Crippen LogP contribution in [0.25, 0.3) is 10.9 Å². The fourth-order valence-electron chi connectivity index (χ4n) is 3.12. The van der Waals surface area contributed by atoms with E-state index < -0.39 is 6.04 Å². The lowest BCUT2D eigenvalue weighted by atomic mass is 10.0. The Morgan fingerprint density at radius 3 is 2.91 bits per heavy atom. The molecule has 5 heteroatoms. The SMILES string of the molecule is COC(=O)[C@H](Cc1c[nH]c2ccccc12)N1CC[C@H](C)C1=O. The summed E-state index contributed by atoms with van der Waals surface area (Å²) in [6.45, 7) is 2.52. The van der Waals surface area contributed by atoms with E-state index in [1.165, 1.54) is 7.11 Å². The molecule has 2 heterocycles. The van der Waals surface area contributed by atoms with Gasteiger partial charge in [-0.1, -0.05) is 25.1 Å². The lowest BCUT2D eigenvalue weighted by Crippen LogP contribution is -2.44. The number of carbonyl (C=O) groups excluding carboxylic acids is 2. The number of aromatic nitrogens is 1. The molecule has 1 aromatic heterocycles. The van der Waals surface area contributed by atoms with Crippen molar-refractivity contribution in [2.75, 3.05) is 13.7 Å². The van der Waals surface area contributed by atoms with E-state index in [-0.39, 0.29) is 17.8 Å². The summed E-state index contributed by atoms with van der Waals surface area (Å²) >= 11 is 0. The summed E-state index contributed by atoms with van der Waals surface area (Å²) in [6.07, 6.45) is 3.17. The number of aromatic amines is 1. The molecule has 0 saturated carbocycles. The van der Waals surface area contributed by atoms with Gasteiger partial charge in [-0.3, -0.25) is 4.79 Å². The summed E-state index contributed by atoms with van der Waals surface area (Å²) in [5, 5.41) is 1.08. The third-order valence-corrected chi connectivity index (χ3v) is 4.45. The van der Waals surface area contributed by atoms with Gasteiger partial charge in [0.1, 0.15) is 6.04 Å². The first-order valence-electron chi connectivity index (χ1n) is 7.55. The number of para-hydroxylation sites is 1. The van der Waals surface area contributed by atoms with E-state index in [4.69, 9.17) is 4.74 Å². The predicted octanol–water partition coefficient (Wildman–Crippen LogP) is 2.12. The average Bonchev–Trinajstić information content (AvgIpc) is 3.09. The fraction of sp³-hybridized carbons (Fsp3) is 0.412. The lowest BCUT2D eigenvalue weighted by Gasteiger charge is -2.25. The molecule has 116 valence electrons. The highest BCUT2D eigenvalue weighted by molar-refractivity contribution is 5.88. The number of ether oxygens (including phenoxy) is 1. The van der Waals surface area contributed by atoms with Crippen molar-refractivity contribution in [1.29, 1.82) is 0 Å². The Hall–Kier alpha value is -2.30. The third-order valence-electron chi connectivity index (χ3n) is 4.45. The van der Waals surface area contributed by atoms with Crippen molar-refractivity contribution in [2.24, 2.45) is 5.92 Å². The first-order chi connectivity index (χ1) is 10.6. The Morgan fingerprint density at radius 2 is 2.23 bits per heavy atom. The van der Waals surface area contributed by atoms with Crippen LogP contribution < -0.4 is 0 Å². The minimum absolute atomic E-state index is 0.0184. The molecule has 2 atom stereocenters. The number of benzene rings is 1. The minimum Gasteiger partial charge on any atom is -0.467 e. The maximum Gasteiger partial charge on any atom is 0.328 e. The molecule has 0 unspecified atom stereocenters. The monoisotopic (exact) mass is 300 g/mol. The molecule has 0 aliphatic carbocycles. The van der Waals surface area contributed by atoms with Gasteiger partial charge < -0.3 is 14.6 Å². The Kier molecular flexibility index (Phi) is 3.88. The van der Waals surface area contributed by atoms with Crippen molar-refractivity contribution < 1.29 is 14.3 Å². The number of esters is 1. The number of amides is 1. The zero-order valence-corrected chi connectivity index (χ0v) is 12.8. The van der Waals surface area contributed by atoms with E-state index in [1.807, 2.05) is 37.4 Å². The third kappa shape index (κ3) is 2.47. The van der Waals surface area contributed by atoms with Crippen LogP contribution in [0.3, 0.4) is 0 Å². The number of H-pyrrole nitrogens is 1.